The Kier molecular flexibility index (Phi) is 33.6. The minimum absolute atomic E-state index is 0. The van der Waals surface area contributed by atoms with Gasteiger partial charge in [-0.3, -0.25) is 37.6 Å². The van der Waals surface area contributed by atoms with Crippen LogP contribution in [0.2, 0.25) is 20.1 Å². The fraction of sp³-hybridized carbons (Fsp3) is 0.250. The van der Waals surface area contributed by atoms with Gasteiger partial charge in [0.1, 0.15) is 23.1 Å². The molecule has 4 aromatic heterocycles. The number of carbonyl (C=O) groups excluding carboxylic acids is 2. The van der Waals surface area contributed by atoms with Gasteiger partial charge >= 0.3 is 63.4 Å². The molecular weight excluding hydrogens is 1510 g/mol. The van der Waals surface area contributed by atoms with Crippen LogP contribution in [0, 0.1) is 31.6 Å². The second-order valence-corrected chi connectivity index (χ2v) is 24.5. The third-order valence-electron chi connectivity index (χ3n) is 15.0. The SMILES string of the molecule is COC(=O)[C@@H](C)Cn1c(=O)nc(C)n(Cc2ccc(Cl)cc2)c1=O.COC(=O)[C@@H](C)Cn1c(=O)nc(Nc2ccc(O)cc2)n(Cc2ccc(Cl)cc2)c1=O.C[C@@H](Cn1c(=O)nc(Nc2ccc(O)cc2)n(Cc2ccc(Cl)cc2)c1=O)C(=O)O.Cc1nc(=O)[nH]c(=O)n1Cc1ccc(Cl)cc1.S.S.S. The molecule has 6 N–H and O–H groups in total. The van der Waals surface area contributed by atoms with E-state index in [1.54, 1.807) is 137 Å². The lowest BCUT2D eigenvalue weighted by molar-refractivity contribution is -0.146. The molecule has 0 bridgehead atoms. The van der Waals surface area contributed by atoms with Gasteiger partial charge < -0.3 is 35.4 Å². The summed E-state index contributed by atoms with van der Waals surface area (Å²) < 4.78 is 17.3. The number of carboxylic acids is 1. The van der Waals surface area contributed by atoms with Crippen LogP contribution < -0.4 is 56.2 Å². The molecule has 0 fully saturated rings. The summed E-state index contributed by atoms with van der Waals surface area (Å²) in [4.78, 5) is 151. The van der Waals surface area contributed by atoms with Crippen LogP contribution in [0.25, 0.3) is 0 Å². The number of esters is 2. The second kappa shape index (κ2) is 40.6. The number of H-pyrrole nitrogens is 1. The van der Waals surface area contributed by atoms with E-state index in [0.717, 1.165) is 36.0 Å². The van der Waals surface area contributed by atoms with Crippen molar-refractivity contribution in [2.45, 2.75) is 80.4 Å². The van der Waals surface area contributed by atoms with Crippen LogP contribution in [0.3, 0.4) is 0 Å². The van der Waals surface area contributed by atoms with Crippen LogP contribution in [0.5, 0.6) is 11.5 Å². The molecular formula is C68H74Cl4N14O16S3. The summed E-state index contributed by atoms with van der Waals surface area (Å²) in [7, 11) is 2.50. The van der Waals surface area contributed by atoms with Crippen LogP contribution in [0.1, 0.15) is 54.7 Å². The van der Waals surface area contributed by atoms with Gasteiger partial charge in [-0.2, -0.15) is 60.4 Å². The first-order valence-electron chi connectivity index (χ1n) is 30.7. The molecule has 558 valence electrons. The molecule has 6 aromatic carbocycles. The van der Waals surface area contributed by atoms with Gasteiger partial charge in [0, 0.05) is 51.1 Å². The van der Waals surface area contributed by atoms with Crippen LogP contribution in [0.4, 0.5) is 23.3 Å². The average molecular weight is 1580 g/mol. The predicted molar refractivity (Wildman–Crippen MR) is 412 cm³/mol. The van der Waals surface area contributed by atoms with E-state index in [0.29, 0.717) is 49.7 Å². The predicted octanol–water partition coefficient (Wildman–Crippen LogP) is 7.15. The van der Waals surface area contributed by atoms with E-state index in [-0.39, 0.29) is 103 Å². The number of ether oxygens (including phenoxy) is 2. The molecule has 105 heavy (non-hydrogen) atoms. The van der Waals surface area contributed by atoms with Crippen molar-refractivity contribution in [3.63, 3.8) is 0 Å². The molecule has 0 aliphatic heterocycles. The Bertz CT molecular complexity index is 5140. The maximum absolute atomic E-state index is 13.2. The topological polar surface area (TPSA) is 393 Å². The van der Waals surface area contributed by atoms with Gasteiger partial charge in [0.15, 0.2) is 0 Å². The summed E-state index contributed by atoms with van der Waals surface area (Å²) in [6, 6.07) is 40.0. The summed E-state index contributed by atoms with van der Waals surface area (Å²) in [5, 5.41) is 36.2. The van der Waals surface area contributed by atoms with Gasteiger partial charge in [-0.1, -0.05) is 116 Å². The number of aromatic amines is 1. The molecule has 0 saturated carbocycles. The van der Waals surface area contributed by atoms with E-state index < -0.39 is 81.2 Å². The summed E-state index contributed by atoms with van der Waals surface area (Å²) in [5.41, 5.74) is -0.998. The molecule has 10 aromatic rings. The Balaban J connectivity index is 0.000000299. The number of nitrogens with zero attached hydrogens (tertiary/aromatic N) is 11. The zero-order valence-electron chi connectivity index (χ0n) is 57.1. The highest BCUT2D eigenvalue weighted by atomic mass is 35.5. The Morgan fingerprint density at radius 3 is 1.02 bits per heavy atom. The highest BCUT2D eigenvalue weighted by molar-refractivity contribution is 7.59. The maximum Gasteiger partial charge on any atom is 0.354 e. The largest absolute Gasteiger partial charge is 0.508 e. The van der Waals surface area contributed by atoms with Crippen molar-refractivity contribution in [1.29, 1.82) is 0 Å². The number of aliphatic carboxylic acids is 1. The molecule has 0 aliphatic carbocycles. The Hall–Kier alpha value is -10.4. The molecule has 0 radical (unpaired) electrons. The Morgan fingerprint density at radius 1 is 0.419 bits per heavy atom. The first-order valence-corrected chi connectivity index (χ1v) is 32.2. The molecule has 0 saturated heterocycles. The number of benzene rings is 6. The lowest BCUT2D eigenvalue weighted by Crippen LogP contribution is -2.44. The van der Waals surface area contributed by atoms with Crippen LogP contribution >= 0.6 is 86.9 Å². The summed E-state index contributed by atoms with van der Waals surface area (Å²) in [6.45, 7) is 7.98. The number of nitrogens with one attached hydrogen (secondary N) is 3. The summed E-state index contributed by atoms with van der Waals surface area (Å²) in [6.07, 6.45) is 0. The van der Waals surface area contributed by atoms with E-state index in [1.807, 2.05) is 12.1 Å². The minimum atomic E-state index is -1.13. The number of phenolic OH excluding ortho intramolecular Hbond substituents is 2. The summed E-state index contributed by atoms with van der Waals surface area (Å²) in [5.74, 6) is -3.61. The van der Waals surface area contributed by atoms with Gasteiger partial charge in [0.2, 0.25) is 11.9 Å². The Labute approximate surface area is 638 Å². The first-order chi connectivity index (χ1) is 48.4. The van der Waals surface area contributed by atoms with E-state index in [9.17, 15) is 63.0 Å². The van der Waals surface area contributed by atoms with Crippen LogP contribution in [-0.2, 0) is 69.7 Å². The average Bonchev–Trinajstić information content (AvgIpc) is 0.804. The maximum atomic E-state index is 13.2. The van der Waals surface area contributed by atoms with E-state index in [4.69, 9.17) is 51.5 Å². The number of aromatic nitrogens is 12. The van der Waals surface area contributed by atoms with Gasteiger partial charge in [-0.15, -0.1) is 0 Å². The zero-order chi connectivity index (χ0) is 74.6. The third kappa shape index (κ3) is 24.9. The van der Waals surface area contributed by atoms with Gasteiger partial charge in [-0.25, -0.2) is 52.1 Å². The fourth-order valence-corrected chi connectivity index (χ4v) is 9.93. The number of methoxy groups -OCH3 is 2. The quantitative estimate of drug-likeness (QED) is 0.0307. The molecule has 0 amide bonds. The lowest BCUT2D eigenvalue weighted by Gasteiger charge is -2.17. The molecule has 0 unspecified atom stereocenters. The molecule has 37 heteroatoms. The normalized spacial score (nSPS) is 11.3. The molecule has 10 rings (SSSR count). The molecule has 0 spiro atoms. The van der Waals surface area contributed by atoms with E-state index in [2.05, 4.69) is 45.0 Å². The fourth-order valence-electron chi connectivity index (χ4n) is 9.43. The standard InChI is InChI=1S/C21H21ClN4O5.C20H19ClN4O5.C16H18ClN3O4.C11H10ClN3O2.3H2S/c1-13(18(28)31-2)11-26-20(29)24-19(23-16-7-9-17(27)10-8-16)25(21(26)30)12-14-3-5-15(22)6-4-14;1-12(17(27)28)10-25-19(29)23-18(22-15-6-8-16(26)9-7-15)24(20(25)30)11-13-2-4-14(21)5-3-13;1-10(14(21)24-3)8-20-15(22)18-11(2)19(16(20)23)9-12-4-6-13(17)7-5-12;1-7-13-10(16)14-11(17)15(7)6-8-2-4-9(12)5-3-8;;;/h3-10,13,27H,11-12H2,1-2H3,(H,23,24,29);2-9,12,26H,10-11H2,1H3,(H,27,28)(H,22,23,29);4-7,10H,8-9H2,1-3H3;2-5H,6H2,1H3,(H,14,16,17);3*1H2/t13-;12-;10-;;;;/m000..../s1. The summed E-state index contributed by atoms with van der Waals surface area (Å²) >= 11 is 23.5. The third-order valence-corrected chi connectivity index (χ3v) is 16.0. The van der Waals surface area contributed by atoms with Crippen LogP contribution in [-0.4, -0.2) is 104 Å². The number of halogens is 4. The van der Waals surface area contributed by atoms with Crippen molar-refractivity contribution >= 4 is 128 Å². The number of aryl methyl sites for hydroxylation is 2. The highest BCUT2D eigenvalue weighted by Crippen LogP contribution is 2.21. The van der Waals surface area contributed by atoms with Gasteiger partial charge in [-0.05, 0) is 133 Å². The van der Waals surface area contributed by atoms with Gasteiger partial charge in [0.05, 0.1) is 58.2 Å². The Morgan fingerprint density at radius 2 is 0.705 bits per heavy atom. The number of rotatable bonds is 21. The van der Waals surface area contributed by atoms with Crippen molar-refractivity contribution in [3.05, 3.63) is 283 Å². The van der Waals surface area contributed by atoms with Crippen LogP contribution in [0.15, 0.2) is 184 Å². The number of carboxylic acid groups (broad SMARTS) is 1. The van der Waals surface area contributed by atoms with Crippen molar-refractivity contribution in [1.82, 2.24) is 56.9 Å². The number of aromatic hydroxyl groups is 2. The number of hydrogen-bond acceptors (Lipinski definition) is 21. The monoisotopic (exact) mass is 1580 g/mol. The van der Waals surface area contributed by atoms with E-state index >= 15 is 0 Å². The number of carbonyl (C=O) groups is 3. The smallest absolute Gasteiger partial charge is 0.354 e. The lowest BCUT2D eigenvalue weighted by atomic mass is 10.2. The molecule has 4 heterocycles. The van der Waals surface area contributed by atoms with Gasteiger partial charge in [0.25, 0.3) is 0 Å². The zero-order valence-corrected chi connectivity index (χ0v) is 63.1. The molecule has 3 atom stereocenters. The van der Waals surface area contributed by atoms with Crippen molar-refractivity contribution < 1.29 is 39.2 Å². The number of phenols is 2. The number of hydrogen-bond donors (Lipinski definition) is 6. The molecule has 0 aliphatic rings. The van der Waals surface area contributed by atoms with E-state index in [1.165, 1.54) is 63.7 Å². The van der Waals surface area contributed by atoms with Crippen molar-refractivity contribution in [2.24, 2.45) is 17.8 Å². The minimum Gasteiger partial charge on any atom is -0.508 e. The highest BCUT2D eigenvalue weighted by Gasteiger charge is 2.23. The number of anilines is 4. The first kappa shape index (κ1) is 87.0. The molecule has 30 nitrogen and oxygen atoms in total. The van der Waals surface area contributed by atoms with Crippen molar-refractivity contribution in [2.75, 3.05) is 24.9 Å². The second-order valence-electron chi connectivity index (χ2n) is 22.7. The van der Waals surface area contributed by atoms with Crippen molar-refractivity contribution in [3.8, 4) is 11.5 Å².